The van der Waals surface area contributed by atoms with Crippen LogP contribution in [0.25, 0.3) is 22.3 Å². The van der Waals surface area contributed by atoms with E-state index in [-0.39, 0.29) is 18.6 Å². The van der Waals surface area contributed by atoms with Crippen molar-refractivity contribution in [2.45, 2.75) is 26.8 Å². The van der Waals surface area contributed by atoms with Gasteiger partial charge >= 0.3 is 0 Å². The molecule has 0 bridgehead atoms. The molecule has 0 aliphatic rings. The Balaban J connectivity index is 1.50. The van der Waals surface area contributed by atoms with Crippen LogP contribution in [0.5, 0.6) is 5.88 Å². The van der Waals surface area contributed by atoms with Crippen LogP contribution in [0.4, 0.5) is 0 Å². The Labute approximate surface area is 180 Å². The molecule has 0 aliphatic carbocycles. The van der Waals surface area contributed by atoms with Gasteiger partial charge in [-0.2, -0.15) is 15.2 Å². The van der Waals surface area contributed by atoms with Crippen LogP contribution in [0.15, 0.2) is 42.7 Å². The van der Waals surface area contributed by atoms with Gasteiger partial charge in [-0.3, -0.25) is 9.48 Å². The van der Waals surface area contributed by atoms with Crippen LogP contribution < -0.4 is 10.1 Å². The molecule has 4 rings (SSSR count). The van der Waals surface area contributed by atoms with E-state index in [9.17, 15) is 4.79 Å². The first-order valence-corrected chi connectivity index (χ1v) is 10.1. The zero-order valence-corrected chi connectivity index (χ0v) is 18.4. The second kappa shape index (κ2) is 8.22. The Bertz CT molecular complexity index is 1260. The topological polar surface area (TPSA) is 86.9 Å². The summed E-state index contributed by atoms with van der Waals surface area (Å²) in [5, 5.41) is 12.8. The lowest BCUT2D eigenvalue weighted by Gasteiger charge is -2.16. The third-order valence-electron chi connectivity index (χ3n) is 5.33. The summed E-state index contributed by atoms with van der Waals surface area (Å²) < 4.78 is 9.18. The number of benzene rings is 1. The molecule has 8 heteroatoms. The van der Waals surface area contributed by atoms with E-state index in [1.807, 2.05) is 71.4 Å². The number of hydrogen-bond donors (Lipinski definition) is 1. The largest absolute Gasteiger partial charge is 0.468 e. The summed E-state index contributed by atoms with van der Waals surface area (Å²) in [6, 6.07) is 9.73. The Morgan fingerprint density at radius 1 is 1.19 bits per heavy atom. The molecule has 0 saturated carbocycles. The van der Waals surface area contributed by atoms with Crippen molar-refractivity contribution >= 4 is 16.9 Å². The number of pyridine rings is 1. The van der Waals surface area contributed by atoms with Crippen LogP contribution in [0, 0.1) is 13.8 Å². The molecule has 0 saturated heterocycles. The number of carbonyl (C=O) groups excluding carboxylic acids is 1. The lowest BCUT2D eigenvalue weighted by molar-refractivity contribution is -0.123. The molecule has 160 valence electrons. The second-order valence-electron chi connectivity index (χ2n) is 7.79. The van der Waals surface area contributed by atoms with Crippen LogP contribution in [0.1, 0.15) is 29.7 Å². The molecule has 1 N–H and O–H groups in total. The third-order valence-corrected chi connectivity index (χ3v) is 5.33. The maximum absolute atomic E-state index is 12.4. The van der Waals surface area contributed by atoms with Gasteiger partial charge in [0.1, 0.15) is 5.69 Å². The van der Waals surface area contributed by atoms with Gasteiger partial charge in [0.2, 0.25) is 5.88 Å². The molecule has 8 nitrogen and oxygen atoms in total. The van der Waals surface area contributed by atoms with Gasteiger partial charge in [0, 0.05) is 31.9 Å². The maximum atomic E-state index is 12.4. The summed E-state index contributed by atoms with van der Waals surface area (Å²) in [6.07, 6.45) is 3.71. The van der Waals surface area contributed by atoms with Crippen molar-refractivity contribution in [2.75, 3.05) is 6.61 Å². The molecule has 4 aromatic rings. The summed E-state index contributed by atoms with van der Waals surface area (Å²) in [5.74, 6) is 0.195. The van der Waals surface area contributed by atoms with Gasteiger partial charge in [0.25, 0.3) is 5.91 Å². The van der Waals surface area contributed by atoms with Crippen LogP contribution in [-0.2, 0) is 18.9 Å². The molecule has 0 aliphatic heterocycles. The highest BCUT2D eigenvalue weighted by molar-refractivity contribution is 5.93. The fraction of sp³-hybridized carbons (Fsp3) is 0.304. The molecule has 1 unspecified atom stereocenters. The van der Waals surface area contributed by atoms with Crippen molar-refractivity contribution in [1.29, 1.82) is 0 Å². The SMILES string of the molecule is Cc1ccccc1C(C)NC(=O)COc1cc(C)c2c(-c3cnn(C)c3)nn(C)c2n1. The number of aromatic nitrogens is 5. The summed E-state index contributed by atoms with van der Waals surface area (Å²) >= 11 is 0. The highest BCUT2D eigenvalue weighted by atomic mass is 16.5. The highest BCUT2D eigenvalue weighted by Gasteiger charge is 2.18. The van der Waals surface area contributed by atoms with Gasteiger partial charge < -0.3 is 10.1 Å². The number of hydrogen-bond acceptors (Lipinski definition) is 5. The Kier molecular flexibility index (Phi) is 5.46. The summed E-state index contributed by atoms with van der Waals surface area (Å²) in [4.78, 5) is 17.0. The summed E-state index contributed by atoms with van der Waals surface area (Å²) in [6.45, 7) is 5.87. The number of nitrogens with one attached hydrogen (secondary N) is 1. The average Bonchev–Trinajstić information content (AvgIpc) is 3.30. The summed E-state index contributed by atoms with van der Waals surface area (Å²) in [7, 11) is 3.71. The Morgan fingerprint density at radius 3 is 2.68 bits per heavy atom. The first-order chi connectivity index (χ1) is 14.8. The van der Waals surface area contributed by atoms with E-state index in [2.05, 4.69) is 20.5 Å². The van der Waals surface area contributed by atoms with Crippen LogP contribution in [0.3, 0.4) is 0 Å². The highest BCUT2D eigenvalue weighted by Crippen LogP contribution is 2.30. The van der Waals surface area contributed by atoms with Crippen molar-refractivity contribution in [2.24, 2.45) is 14.1 Å². The monoisotopic (exact) mass is 418 g/mol. The zero-order chi connectivity index (χ0) is 22.1. The molecule has 1 atom stereocenters. The molecule has 1 amide bonds. The number of rotatable bonds is 6. The lowest BCUT2D eigenvalue weighted by atomic mass is 10.0. The minimum Gasteiger partial charge on any atom is -0.468 e. The van der Waals surface area contributed by atoms with Crippen molar-refractivity contribution in [3.05, 3.63) is 59.4 Å². The van der Waals surface area contributed by atoms with E-state index >= 15 is 0 Å². The van der Waals surface area contributed by atoms with Gasteiger partial charge in [0.05, 0.1) is 17.6 Å². The van der Waals surface area contributed by atoms with Crippen LogP contribution in [0.2, 0.25) is 0 Å². The number of carbonyl (C=O) groups is 1. The molecule has 0 radical (unpaired) electrons. The number of nitrogens with zero attached hydrogens (tertiary/aromatic N) is 5. The quantitative estimate of drug-likeness (QED) is 0.519. The van der Waals surface area contributed by atoms with Gasteiger partial charge in [-0.25, -0.2) is 4.68 Å². The lowest BCUT2D eigenvalue weighted by Crippen LogP contribution is -2.31. The average molecular weight is 419 g/mol. The molecule has 3 aromatic heterocycles. The van der Waals surface area contributed by atoms with Crippen molar-refractivity contribution in [1.82, 2.24) is 29.9 Å². The van der Waals surface area contributed by atoms with E-state index in [1.54, 1.807) is 15.6 Å². The minimum atomic E-state index is -0.198. The van der Waals surface area contributed by atoms with Crippen molar-refractivity contribution in [3.63, 3.8) is 0 Å². The normalized spacial score (nSPS) is 12.2. The minimum absolute atomic E-state index is 0.103. The van der Waals surface area contributed by atoms with Crippen molar-refractivity contribution in [3.8, 4) is 17.1 Å². The van der Waals surface area contributed by atoms with Gasteiger partial charge in [-0.05, 0) is 37.5 Å². The fourth-order valence-electron chi connectivity index (χ4n) is 3.79. The van der Waals surface area contributed by atoms with Crippen LogP contribution in [-0.4, -0.2) is 37.1 Å². The smallest absolute Gasteiger partial charge is 0.258 e. The maximum Gasteiger partial charge on any atom is 0.258 e. The first kappa shape index (κ1) is 20.6. The molecule has 31 heavy (non-hydrogen) atoms. The van der Waals surface area contributed by atoms with Crippen LogP contribution >= 0.6 is 0 Å². The Morgan fingerprint density at radius 2 is 1.97 bits per heavy atom. The van der Waals surface area contributed by atoms with E-state index < -0.39 is 0 Å². The predicted octanol–water partition coefficient (Wildman–Crippen LogP) is 3.24. The molecule has 0 fully saturated rings. The van der Waals surface area contributed by atoms with E-state index in [1.165, 1.54) is 0 Å². The van der Waals surface area contributed by atoms with E-state index in [0.29, 0.717) is 11.5 Å². The number of aryl methyl sites for hydroxylation is 4. The van der Waals surface area contributed by atoms with E-state index in [4.69, 9.17) is 4.74 Å². The molecule has 3 heterocycles. The number of ether oxygens (including phenoxy) is 1. The molecular weight excluding hydrogens is 392 g/mol. The predicted molar refractivity (Wildman–Crippen MR) is 119 cm³/mol. The Hall–Kier alpha value is -3.68. The second-order valence-corrected chi connectivity index (χ2v) is 7.79. The van der Waals surface area contributed by atoms with Gasteiger partial charge in [-0.1, -0.05) is 24.3 Å². The fourth-order valence-corrected chi connectivity index (χ4v) is 3.79. The number of amides is 1. The van der Waals surface area contributed by atoms with Crippen molar-refractivity contribution < 1.29 is 9.53 Å². The number of fused-ring (bicyclic) bond motifs is 1. The third kappa shape index (κ3) is 4.14. The molecule has 0 spiro atoms. The van der Waals surface area contributed by atoms with E-state index in [0.717, 1.165) is 33.3 Å². The van der Waals surface area contributed by atoms with Gasteiger partial charge in [-0.15, -0.1) is 0 Å². The molecule has 1 aromatic carbocycles. The first-order valence-electron chi connectivity index (χ1n) is 10.1. The standard InChI is InChI=1S/C23H26N6O2/c1-14-8-6-7-9-18(14)16(3)25-19(30)13-31-20-10-15(2)21-22(17-11-24-28(4)12-17)27-29(5)23(21)26-20/h6-12,16H,13H2,1-5H3,(H,25,30). The molecular formula is C23H26N6O2. The zero-order valence-electron chi connectivity index (χ0n) is 18.4. The van der Waals surface area contributed by atoms with Gasteiger partial charge in [0.15, 0.2) is 12.3 Å². The summed E-state index contributed by atoms with van der Waals surface area (Å²) in [5.41, 5.74) is 5.65.